The molecule has 5 rings (SSSR count). The molecule has 1 amide bonds. The number of carbonyl (C=O) groups excluding carboxylic acids is 1. The minimum atomic E-state index is -0.906. The average molecular weight is 507 g/mol. The first-order valence-electron chi connectivity index (χ1n) is 12.9. The maximum absolute atomic E-state index is 13.6. The Labute approximate surface area is 216 Å². The van der Waals surface area contributed by atoms with Gasteiger partial charge in [-0.05, 0) is 69.9 Å². The average Bonchev–Trinajstić information content (AvgIpc) is 3.47. The molecule has 0 spiro atoms. The molecule has 196 valence electrons. The quantitative estimate of drug-likeness (QED) is 0.409. The van der Waals surface area contributed by atoms with E-state index in [1.807, 2.05) is 34.9 Å². The summed E-state index contributed by atoms with van der Waals surface area (Å²) in [7, 11) is 0. The van der Waals surface area contributed by atoms with Crippen LogP contribution in [0.1, 0.15) is 69.7 Å². The van der Waals surface area contributed by atoms with E-state index >= 15 is 0 Å². The second-order valence-electron chi connectivity index (χ2n) is 10.9. The number of amides is 1. The highest BCUT2D eigenvalue weighted by Gasteiger charge is 2.29. The van der Waals surface area contributed by atoms with E-state index in [-0.39, 0.29) is 30.6 Å². The van der Waals surface area contributed by atoms with Crippen molar-refractivity contribution in [3.05, 3.63) is 42.1 Å². The second-order valence-corrected chi connectivity index (χ2v) is 10.9. The fourth-order valence-electron chi connectivity index (χ4n) is 5.27. The van der Waals surface area contributed by atoms with E-state index < -0.39 is 12.0 Å². The number of nitrogens with zero attached hydrogens (tertiary/aromatic N) is 2. The highest BCUT2D eigenvalue weighted by molar-refractivity contribution is 6.01. The molecule has 0 bridgehead atoms. The summed E-state index contributed by atoms with van der Waals surface area (Å²) in [6.45, 7) is 6.37. The maximum atomic E-state index is 13.6. The number of aliphatic carboxylic acids is 1. The number of rotatable bonds is 7. The van der Waals surface area contributed by atoms with Gasteiger partial charge in [0.15, 0.2) is 17.1 Å². The number of carboxylic acids is 1. The molecule has 9 nitrogen and oxygen atoms in total. The summed E-state index contributed by atoms with van der Waals surface area (Å²) in [6, 6.07) is 8.81. The molecule has 3 aromatic rings. The third-order valence-electron chi connectivity index (χ3n) is 6.96. The zero-order valence-corrected chi connectivity index (χ0v) is 21.5. The number of nitrogens with one attached hydrogen (secondary N) is 2. The number of benzene rings is 1. The number of carboxylic acid groups (broad SMARTS) is 1. The number of ether oxygens (including phenoxy) is 2. The Balaban J connectivity index is 1.54. The smallest absolute Gasteiger partial charge is 0.305 e. The number of hydrogen-bond donors (Lipinski definition) is 3. The van der Waals surface area contributed by atoms with Gasteiger partial charge in [-0.2, -0.15) is 0 Å². The van der Waals surface area contributed by atoms with Crippen molar-refractivity contribution in [2.24, 2.45) is 5.92 Å². The molecule has 9 heteroatoms. The van der Waals surface area contributed by atoms with Crippen LogP contribution in [0.3, 0.4) is 0 Å². The Kier molecular flexibility index (Phi) is 6.70. The fourth-order valence-corrected chi connectivity index (χ4v) is 5.27. The van der Waals surface area contributed by atoms with E-state index in [0.29, 0.717) is 28.4 Å². The van der Waals surface area contributed by atoms with Gasteiger partial charge >= 0.3 is 5.97 Å². The molecule has 1 aliphatic carbocycles. The molecule has 0 radical (unpaired) electrons. The summed E-state index contributed by atoms with van der Waals surface area (Å²) < 4.78 is 12.9. The lowest BCUT2D eigenvalue weighted by Gasteiger charge is -2.30. The molecule has 37 heavy (non-hydrogen) atoms. The van der Waals surface area contributed by atoms with Crippen molar-refractivity contribution in [3.8, 4) is 22.8 Å². The summed E-state index contributed by atoms with van der Waals surface area (Å²) in [5.74, 6) is 1.04. The molecule has 1 fully saturated rings. The van der Waals surface area contributed by atoms with Gasteiger partial charge < -0.3 is 25.2 Å². The third-order valence-corrected chi connectivity index (χ3v) is 6.96. The van der Waals surface area contributed by atoms with E-state index in [1.165, 1.54) is 0 Å². The van der Waals surface area contributed by atoms with Crippen molar-refractivity contribution in [2.45, 2.75) is 70.9 Å². The minimum absolute atomic E-state index is 0.0900. The van der Waals surface area contributed by atoms with Gasteiger partial charge in [0.25, 0.3) is 5.91 Å². The van der Waals surface area contributed by atoms with Gasteiger partial charge in [0.1, 0.15) is 11.5 Å². The predicted molar refractivity (Wildman–Crippen MR) is 140 cm³/mol. The number of fused-ring (bicyclic) bond motifs is 2. The molecule has 2 aliphatic rings. The molecule has 1 aromatic carbocycles. The molecular weight excluding hydrogens is 472 g/mol. The van der Waals surface area contributed by atoms with Crippen molar-refractivity contribution >= 4 is 23.3 Å². The molecule has 0 saturated heterocycles. The van der Waals surface area contributed by atoms with Crippen LogP contribution >= 0.6 is 0 Å². The Morgan fingerprint density at radius 2 is 1.89 bits per heavy atom. The SMILES string of the molecule is CC(C)(C)Nc1c(-c2ccc3c(c2)OCO3)nc2c(C(=O)NC(CC(=O)O)C3CCCCC3)cccn12. The first-order valence-corrected chi connectivity index (χ1v) is 12.9. The molecule has 1 saturated carbocycles. The summed E-state index contributed by atoms with van der Waals surface area (Å²) in [4.78, 5) is 30.1. The standard InChI is InChI=1S/C28H34N4O5/c1-28(2,3)31-26-24(18-11-12-21-22(14-18)37-16-36-21)30-25-19(10-7-13-32(25)26)27(35)29-20(15-23(33)34)17-8-5-4-6-9-17/h7,10-14,17,20,31H,4-6,8-9,15-16H2,1-3H3,(H,29,35)(H,33,34). The number of anilines is 1. The monoisotopic (exact) mass is 506 g/mol. The van der Waals surface area contributed by atoms with Gasteiger partial charge in [-0.3, -0.25) is 14.0 Å². The summed E-state index contributed by atoms with van der Waals surface area (Å²) >= 11 is 0. The van der Waals surface area contributed by atoms with E-state index in [0.717, 1.165) is 43.5 Å². The van der Waals surface area contributed by atoms with Crippen molar-refractivity contribution in [2.75, 3.05) is 12.1 Å². The molecule has 3 N–H and O–H groups in total. The van der Waals surface area contributed by atoms with Crippen molar-refractivity contribution < 1.29 is 24.2 Å². The molecule has 2 aromatic heterocycles. The topological polar surface area (TPSA) is 114 Å². The summed E-state index contributed by atoms with van der Waals surface area (Å²) in [5, 5.41) is 16.1. The van der Waals surface area contributed by atoms with Gasteiger partial charge in [0.2, 0.25) is 6.79 Å². The van der Waals surface area contributed by atoms with Crippen LogP contribution in [0, 0.1) is 5.92 Å². The number of pyridine rings is 1. The number of hydrogen-bond acceptors (Lipinski definition) is 6. The zero-order valence-electron chi connectivity index (χ0n) is 21.5. The van der Waals surface area contributed by atoms with Crippen LogP contribution in [0.15, 0.2) is 36.5 Å². The number of imidazole rings is 1. The molecule has 3 heterocycles. The third kappa shape index (κ3) is 5.35. The molecular formula is C28H34N4O5. The lowest BCUT2D eigenvalue weighted by atomic mass is 9.82. The highest BCUT2D eigenvalue weighted by atomic mass is 16.7. The van der Waals surface area contributed by atoms with Gasteiger partial charge in [0, 0.05) is 23.3 Å². The first-order chi connectivity index (χ1) is 17.7. The van der Waals surface area contributed by atoms with Crippen LogP contribution in [0.5, 0.6) is 11.5 Å². The Morgan fingerprint density at radius 3 is 2.62 bits per heavy atom. The van der Waals surface area contributed by atoms with E-state index in [1.54, 1.807) is 6.07 Å². The summed E-state index contributed by atoms with van der Waals surface area (Å²) in [6.07, 6.45) is 6.93. The lowest BCUT2D eigenvalue weighted by Crippen LogP contribution is -2.42. The van der Waals surface area contributed by atoms with Gasteiger partial charge in [0.05, 0.1) is 12.0 Å². The van der Waals surface area contributed by atoms with Crippen LogP contribution in [0.2, 0.25) is 0 Å². The van der Waals surface area contributed by atoms with E-state index in [4.69, 9.17) is 14.5 Å². The zero-order chi connectivity index (χ0) is 26.2. The van der Waals surface area contributed by atoms with Crippen molar-refractivity contribution in [1.82, 2.24) is 14.7 Å². The van der Waals surface area contributed by atoms with Gasteiger partial charge in [-0.15, -0.1) is 0 Å². The van der Waals surface area contributed by atoms with Crippen LogP contribution in [-0.4, -0.2) is 44.7 Å². The largest absolute Gasteiger partial charge is 0.481 e. The Morgan fingerprint density at radius 1 is 1.14 bits per heavy atom. The molecule has 1 atom stereocenters. The summed E-state index contributed by atoms with van der Waals surface area (Å²) in [5.41, 5.74) is 2.14. The lowest BCUT2D eigenvalue weighted by molar-refractivity contribution is -0.137. The fraction of sp³-hybridized carbons (Fsp3) is 0.464. The van der Waals surface area contributed by atoms with Crippen molar-refractivity contribution in [1.29, 1.82) is 0 Å². The number of aromatic nitrogens is 2. The van der Waals surface area contributed by atoms with Crippen LogP contribution in [0.25, 0.3) is 16.9 Å². The minimum Gasteiger partial charge on any atom is -0.481 e. The van der Waals surface area contributed by atoms with Crippen molar-refractivity contribution in [3.63, 3.8) is 0 Å². The van der Waals surface area contributed by atoms with Gasteiger partial charge in [-0.1, -0.05) is 19.3 Å². The predicted octanol–water partition coefficient (Wildman–Crippen LogP) is 5.09. The molecule has 1 aliphatic heterocycles. The maximum Gasteiger partial charge on any atom is 0.305 e. The highest BCUT2D eigenvalue weighted by Crippen LogP contribution is 2.39. The van der Waals surface area contributed by atoms with E-state index in [9.17, 15) is 14.7 Å². The normalized spacial score (nSPS) is 16.5. The Hall–Kier alpha value is -3.75. The Bertz CT molecular complexity index is 1320. The first kappa shape index (κ1) is 24.9. The second kappa shape index (κ2) is 9.95. The van der Waals surface area contributed by atoms with Crippen LogP contribution < -0.4 is 20.1 Å². The van der Waals surface area contributed by atoms with Gasteiger partial charge in [-0.25, -0.2) is 4.98 Å². The molecule has 1 unspecified atom stereocenters. The van der Waals surface area contributed by atoms with E-state index in [2.05, 4.69) is 31.4 Å². The van der Waals surface area contributed by atoms with Crippen LogP contribution in [0.4, 0.5) is 5.82 Å². The van der Waals surface area contributed by atoms with Crippen LogP contribution in [-0.2, 0) is 4.79 Å². The number of carbonyl (C=O) groups is 2.